The third kappa shape index (κ3) is 5.31. The van der Waals surface area contributed by atoms with Gasteiger partial charge in [0.25, 0.3) is 0 Å². The average Bonchev–Trinajstić information content (AvgIpc) is 2.69. The second-order valence-electron chi connectivity index (χ2n) is 6.69. The van der Waals surface area contributed by atoms with Crippen molar-refractivity contribution in [2.75, 3.05) is 13.1 Å². The first kappa shape index (κ1) is 19.9. The number of nitrogens with one attached hydrogen (secondary N) is 1. The highest BCUT2D eigenvalue weighted by Gasteiger charge is 2.29. The molecule has 144 valence electrons. The van der Waals surface area contributed by atoms with Gasteiger partial charge in [0.15, 0.2) is 0 Å². The fourth-order valence-corrected chi connectivity index (χ4v) is 4.81. The lowest BCUT2D eigenvalue weighted by molar-refractivity contribution is -0.122. The number of piperidine rings is 1. The number of nitrogens with zero attached hydrogens (tertiary/aromatic N) is 1. The number of hydrogen-bond donors (Lipinski definition) is 1. The second kappa shape index (κ2) is 8.87. The minimum Gasteiger partial charge on any atom is -0.353 e. The molecule has 1 aliphatic rings. The minimum absolute atomic E-state index is 0.00526. The van der Waals surface area contributed by atoms with Gasteiger partial charge in [0.1, 0.15) is 0 Å². The number of sulfonamides is 1. The van der Waals surface area contributed by atoms with Crippen LogP contribution >= 0.6 is 11.6 Å². The molecule has 0 radical (unpaired) electrons. The molecule has 1 aliphatic heterocycles. The van der Waals surface area contributed by atoms with Crippen molar-refractivity contribution in [1.82, 2.24) is 9.62 Å². The summed E-state index contributed by atoms with van der Waals surface area (Å²) >= 11 is 5.86. The maximum Gasteiger partial charge on any atom is 0.243 e. The Kier molecular flexibility index (Phi) is 6.52. The zero-order valence-electron chi connectivity index (χ0n) is 15.0. The second-order valence-corrected chi connectivity index (χ2v) is 9.06. The molecule has 2 aromatic rings. The molecule has 1 fully saturated rings. The molecule has 1 amide bonds. The van der Waals surface area contributed by atoms with E-state index in [1.165, 1.54) is 4.31 Å². The van der Waals surface area contributed by atoms with Crippen molar-refractivity contribution in [3.63, 3.8) is 0 Å². The quantitative estimate of drug-likeness (QED) is 0.800. The van der Waals surface area contributed by atoms with Gasteiger partial charge in [-0.2, -0.15) is 4.31 Å². The van der Waals surface area contributed by atoms with E-state index in [4.69, 9.17) is 11.6 Å². The van der Waals surface area contributed by atoms with Crippen LogP contribution in [0.5, 0.6) is 0 Å². The van der Waals surface area contributed by atoms with Crippen LogP contribution < -0.4 is 5.32 Å². The fraction of sp³-hybridized carbons (Fsp3) is 0.350. The highest BCUT2D eigenvalue weighted by molar-refractivity contribution is 7.89. The Morgan fingerprint density at radius 2 is 1.67 bits per heavy atom. The summed E-state index contributed by atoms with van der Waals surface area (Å²) in [7, 11) is -3.45. The molecule has 0 bridgehead atoms. The summed E-state index contributed by atoms with van der Waals surface area (Å²) < 4.78 is 26.8. The highest BCUT2D eigenvalue weighted by atomic mass is 35.5. The molecule has 3 rings (SSSR count). The summed E-state index contributed by atoms with van der Waals surface area (Å²) in [6.45, 7) is 0.832. The molecule has 1 saturated heterocycles. The summed E-state index contributed by atoms with van der Waals surface area (Å²) in [5.41, 5.74) is 1.07. The van der Waals surface area contributed by atoms with Crippen LogP contribution in [0.4, 0.5) is 0 Å². The first-order valence-electron chi connectivity index (χ1n) is 9.04. The number of carbonyl (C=O) groups is 1. The Bertz CT molecular complexity index is 862. The summed E-state index contributed by atoms with van der Waals surface area (Å²) in [6, 6.07) is 16.0. The van der Waals surface area contributed by atoms with Crippen LogP contribution in [0.1, 0.15) is 24.8 Å². The molecule has 1 heterocycles. The number of halogens is 1. The van der Waals surface area contributed by atoms with Crippen LogP contribution in [-0.2, 0) is 21.2 Å². The van der Waals surface area contributed by atoms with Crippen molar-refractivity contribution >= 4 is 27.5 Å². The average molecular weight is 407 g/mol. The molecule has 0 unspecified atom stereocenters. The van der Waals surface area contributed by atoms with E-state index in [2.05, 4.69) is 5.32 Å². The molecular formula is C20H23ClN2O3S. The Balaban J connectivity index is 1.46. The van der Waals surface area contributed by atoms with Crippen molar-refractivity contribution < 1.29 is 13.2 Å². The topological polar surface area (TPSA) is 66.5 Å². The van der Waals surface area contributed by atoms with Gasteiger partial charge in [-0.1, -0.05) is 41.9 Å². The summed E-state index contributed by atoms with van der Waals surface area (Å²) in [5.74, 6) is -0.00526. The van der Waals surface area contributed by atoms with Gasteiger partial charge in [0, 0.05) is 30.6 Å². The highest BCUT2D eigenvalue weighted by Crippen LogP contribution is 2.20. The van der Waals surface area contributed by atoms with Crippen LogP contribution in [0, 0.1) is 0 Å². The van der Waals surface area contributed by atoms with Gasteiger partial charge in [-0.15, -0.1) is 0 Å². The standard InChI is InChI=1S/C20H23ClN2O3S/c21-17-9-6-16(7-10-17)8-11-20(24)22-18-12-14-23(15-13-18)27(25,26)19-4-2-1-3-5-19/h1-7,9-10,18H,8,11-15H2,(H,22,24). The fourth-order valence-electron chi connectivity index (χ4n) is 3.19. The molecule has 0 spiro atoms. The number of amides is 1. The van der Waals surface area contributed by atoms with E-state index in [-0.39, 0.29) is 11.9 Å². The minimum atomic E-state index is -3.45. The number of aryl methyl sites for hydroxylation is 1. The van der Waals surface area contributed by atoms with E-state index in [9.17, 15) is 13.2 Å². The van der Waals surface area contributed by atoms with Gasteiger partial charge in [-0.3, -0.25) is 4.79 Å². The monoisotopic (exact) mass is 406 g/mol. The molecular weight excluding hydrogens is 384 g/mol. The summed E-state index contributed by atoms with van der Waals surface area (Å²) in [6.07, 6.45) is 2.31. The molecule has 0 aromatic heterocycles. The van der Waals surface area contributed by atoms with E-state index in [0.29, 0.717) is 48.7 Å². The van der Waals surface area contributed by atoms with Crippen LogP contribution in [0.15, 0.2) is 59.5 Å². The van der Waals surface area contributed by atoms with Crippen molar-refractivity contribution in [3.05, 3.63) is 65.2 Å². The number of carbonyl (C=O) groups excluding carboxylic acids is 1. The van der Waals surface area contributed by atoms with Gasteiger partial charge in [0.2, 0.25) is 15.9 Å². The third-order valence-corrected chi connectivity index (χ3v) is 6.92. The molecule has 2 aromatic carbocycles. The molecule has 27 heavy (non-hydrogen) atoms. The van der Waals surface area contributed by atoms with Gasteiger partial charge in [-0.05, 0) is 49.1 Å². The van der Waals surface area contributed by atoms with Gasteiger partial charge in [-0.25, -0.2) is 8.42 Å². The summed E-state index contributed by atoms with van der Waals surface area (Å²) in [4.78, 5) is 12.5. The Labute approximate surface area is 165 Å². The SMILES string of the molecule is O=C(CCc1ccc(Cl)cc1)NC1CCN(S(=O)(=O)c2ccccc2)CC1. The lowest BCUT2D eigenvalue weighted by Crippen LogP contribution is -2.46. The lowest BCUT2D eigenvalue weighted by atomic mass is 10.1. The number of rotatable bonds is 6. The first-order valence-corrected chi connectivity index (χ1v) is 10.9. The molecule has 0 saturated carbocycles. The Morgan fingerprint density at radius 1 is 1.04 bits per heavy atom. The zero-order valence-corrected chi connectivity index (χ0v) is 16.5. The van der Waals surface area contributed by atoms with Gasteiger partial charge in [0.05, 0.1) is 4.90 Å². The number of benzene rings is 2. The van der Waals surface area contributed by atoms with E-state index >= 15 is 0 Å². The van der Waals surface area contributed by atoms with Crippen molar-refractivity contribution in [3.8, 4) is 0 Å². The smallest absolute Gasteiger partial charge is 0.243 e. The largest absolute Gasteiger partial charge is 0.353 e. The third-order valence-electron chi connectivity index (χ3n) is 4.75. The molecule has 5 nitrogen and oxygen atoms in total. The van der Waals surface area contributed by atoms with E-state index in [0.717, 1.165) is 5.56 Å². The summed E-state index contributed by atoms with van der Waals surface area (Å²) in [5, 5.41) is 3.71. The van der Waals surface area contributed by atoms with Crippen molar-refractivity contribution in [2.45, 2.75) is 36.6 Å². The molecule has 0 aliphatic carbocycles. The van der Waals surface area contributed by atoms with Crippen LogP contribution in [0.3, 0.4) is 0 Å². The van der Waals surface area contributed by atoms with Gasteiger partial charge >= 0.3 is 0 Å². The van der Waals surface area contributed by atoms with E-state index < -0.39 is 10.0 Å². The predicted molar refractivity (Wildman–Crippen MR) is 106 cm³/mol. The Morgan fingerprint density at radius 3 is 2.30 bits per heavy atom. The lowest BCUT2D eigenvalue weighted by Gasteiger charge is -2.31. The normalized spacial score (nSPS) is 16.2. The van der Waals surface area contributed by atoms with Crippen LogP contribution in [0.2, 0.25) is 5.02 Å². The maximum atomic E-state index is 12.6. The van der Waals surface area contributed by atoms with Crippen molar-refractivity contribution in [1.29, 1.82) is 0 Å². The number of hydrogen-bond acceptors (Lipinski definition) is 3. The molecule has 7 heteroatoms. The van der Waals surface area contributed by atoms with Crippen LogP contribution in [-0.4, -0.2) is 37.8 Å². The zero-order chi connectivity index (χ0) is 19.3. The molecule has 1 N–H and O–H groups in total. The van der Waals surface area contributed by atoms with E-state index in [1.807, 2.05) is 24.3 Å². The van der Waals surface area contributed by atoms with Crippen molar-refractivity contribution in [2.24, 2.45) is 0 Å². The maximum absolute atomic E-state index is 12.6. The Hall–Kier alpha value is -1.89. The van der Waals surface area contributed by atoms with E-state index in [1.54, 1.807) is 30.3 Å². The predicted octanol–water partition coefficient (Wildman–Crippen LogP) is 3.24. The van der Waals surface area contributed by atoms with Gasteiger partial charge < -0.3 is 5.32 Å². The molecule has 0 atom stereocenters. The first-order chi connectivity index (χ1) is 12.9. The van der Waals surface area contributed by atoms with Crippen LogP contribution in [0.25, 0.3) is 0 Å².